The second kappa shape index (κ2) is 14.0. The molecule has 3 aromatic carbocycles. The van der Waals surface area contributed by atoms with Crippen LogP contribution in [0.25, 0.3) is 44.9 Å². The van der Waals surface area contributed by atoms with Gasteiger partial charge in [0, 0.05) is 37.9 Å². The molecule has 0 aliphatic heterocycles. The Bertz CT molecular complexity index is 1670. The largest absolute Gasteiger partial charge is 0.454 e. The van der Waals surface area contributed by atoms with Gasteiger partial charge in [0.05, 0.1) is 13.6 Å². The van der Waals surface area contributed by atoms with E-state index >= 15 is 0 Å². The van der Waals surface area contributed by atoms with E-state index in [1.807, 2.05) is 91.0 Å². The molecule has 42 heavy (non-hydrogen) atoms. The number of hydrogen-bond acceptors (Lipinski definition) is 3. The zero-order chi connectivity index (χ0) is 28.8. The zero-order valence-corrected chi connectivity index (χ0v) is 28.2. The number of fused-ring (bicyclic) bond motifs is 1. The number of benzene rings is 3. The predicted molar refractivity (Wildman–Crippen MR) is 174 cm³/mol. The molecule has 215 valence electrons. The van der Waals surface area contributed by atoms with Crippen molar-refractivity contribution in [2.24, 2.45) is 5.92 Å². The van der Waals surface area contributed by atoms with Crippen molar-refractivity contribution in [2.45, 2.75) is 39.9 Å². The van der Waals surface area contributed by atoms with Gasteiger partial charge in [-0.3, -0.25) is 4.98 Å². The van der Waals surface area contributed by atoms with Crippen LogP contribution in [0, 0.1) is 18.1 Å². The summed E-state index contributed by atoms with van der Waals surface area (Å²) in [6.07, 6.45) is 3.24. The van der Waals surface area contributed by atoms with Gasteiger partial charge in [0.1, 0.15) is 5.76 Å². The summed E-state index contributed by atoms with van der Waals surface area (Å²) < 4.78 is 5.87. The summed E-state index contributed by atoms with van der Waals surface area (Å²) in [6.45, 7) is 11.7. The Hall–Kier alpha value is -3.63. The van der Waals surface area contributed by atoms with Gasteiger partial charge in [-0.05, 0) is 35.0 Å². The Balaban J connectivity index is 0.000000189. The first-order valence-corrected chi connectivity index (χ1v) is 17.7. The maximum absolute atomic E-state index is 5.87. The van der Waals surface area contributed by atoms with Crippen LogP contribution < -0.4 is 5.19 Å². The van der Waals surface area contributed by atoms with Crippen LogP contribution in [-0.4, -0.2) is 18.0 Å². The molecule has 0 unspecified atom stereocenters. The van der Waals surface area contributed by atoms with Crippen molar-refractivity contribution in [1.29, 1.82) is 0 Å². The van der Waals surface area contributed by atoms with Crippen molar-refractivity contribution < 1.29 is 24.5 Å². The third kappa shape index (κ3) is 7.80. The first kappa shape index (κ1) is 31.3. The third-order valence-corrected chi connectivity index (χ3v) is 8.89. The van der Waals surface area contributed by atoms with Crippen LogP contribution >= 0.6 is 0 Å². The summed E-state index contributed by atoms with van der Waals surface area (Å²) in [6, 6.07) is 40.6. The van der Waals surface area contributed by atoms with Crippen molar-refractivity contribution in [3.8, 4) is 33.8 Å². The molecule has 0 spiro atoms. The number of aromatic nitrogens is 2. The van der Waals surface area contributed by atoms with Crippen LogP contribution in [0.15, 0.2) is 114 Å². The van der Waals surface area contributed by atoms with Crippen molar-refractivity contribution in [3.63, 3.8) is 0 Å². The summed E-state index contributed by atoms with van der Waals surface area (Å²) in [5.41, 5.74) is 8.22. The van der Waals surface area contributed by atoms with E-state index in [0.717, 1.165) is 51.4 Å². The summed E-state index contributed by atoms with van der Waals surface area (Å²) in [5.74, 6) is 1.51. The summed E-state index contributed by atoms with van der Waals surface area (Å²) in [7, 11) is -1.34. The van der Waals surface area contributed by atoms with E-state index in [1.165, 1.54) is 10.8 Å². The monoisotopic (exact) mass is 745 g/mol. The van der Waals surface area contributed by atoms with E-state index in [9.17, 15) is 0 Å². The average Bonchev–Trinajstić information content (AvgIpc) is 3.42. The minimum Gasteiger partial charge on any atom is -0.454 e. The molecule has 0 aliphatic rings. The molecule has 0 amide bonds. The zero-order valence-electron chi connectivity index (χ0n) is 24.8. The van der Waals surface area contributed by atoms with E-state index in [2.05, 4.69) is 73.9 Å². The fourth-order valence-electron chi connectivity index (χ4n) is 4.85. The van der Waals surface area contributed by atoms with E-state index in [-0.39, 0.29) is 20.1 Å². The summed E-state index contributed by atoms with van der Waals surface area (Å²) in [4.78, 5) is 9.35. The van der Waals surface area contributed by atoms with Crippen LogP contribution in [0.2, 0.25) is 19.6 Å². The quantitative estimate of drug-likeness (QED) is 0.126. The second-order valence-corrected chi connectivity index (χ2v) is 16.7. The Morgan fingerprint density at radius 2 is 1.40 bits per heavy atom. The Morgan fingerprint density at radius 1 is 0.762 bits per heavy atom. The van der Waals surface area contributed by atoms with E-state index in [1.54, 1.807) is 0 Å². The van der Waals surface area contributed by atoms with Gasteiger partial charge in [-0.25, -0.2) is 0 Å². The number of hydrogen-bond donors (Lipinski definition) is 0. The smallest absolute Gasteiger partial charge is 0.151 e. The molecule has 0 fully saturated rings. The first-order chi connectivity index (χ1) is 19.8. The van der Waals surface area contributed by atoms with Gasteiger partial charge >= 0.3 is 0 Å². The van der Waals surface area contributed by atoms with Gasteiger partial charge in [0.15, 0.2) is 5.58 Å². The van der Waals surface area contributed by atoms with Gasteiger partial charge in [0.25, 0.3) is 0 Å². The van der Waals surface area contributed by atoms with Gasteiger partial charge in [-0.2, -0.15) is 0 Å². The first-order valence-electron chi connectivity index (χ1n) is 14.2. The molecule has 0 aliphatic carbocycles. The van der Waals surface area contributed by atoms with E-state index in [4.69, 9.17) is 4.42 Å². The van der Waals surface area contributed by atoms with Crippen molar-refractivity contribution in [1.82, 2.24) is 9.97 Å². The molecular weight excluding hydrogens is 709 g/mol. The van der Waals surface area contributed by atoms with Crippen LogP contribution in [-0.2, 0) is 26.5 Å². The molecule has 0 atom stereocenters. The molecule has 1 radical (unpaired) electrons. The molecule has 0 saturated heterocycles. The van der Waals surface area contributed by atoms with Gasteiger partial charge in [0.2, 0.25) is 0 Å². The number of rotatable bonds is 6. The standard InChI is InChI=1S/C19H12NO.C18H24NSi.Ir/c1-3-7-14(8-4-1)16-11-12-18-17(20-16)13-19(21-18)15-9-5-2-6-10-15;1-14(2)11-16-12-17(15-9-7-6-8-10-15)19-13-18(16)20(3,4)5;/h1-7,9-13H;6-9,12-14H,11H2,1-5H3;/q2*-1;. The van der Waals surface area contributed by atoms with Crippen molar-refractivity contribution in [2.75, 3.05) is 0 Å². The van der Waals surface area contributed by atoms with Gasteiger partial charge in [-0.15, -0.1) is 71.8 Å². The fraction of sp³-hybridized carbons (Fsp3) is 0.189. The molecule has 0 N–H and O–H groups in total. The molecule has 0 saturated carbocycles. The number of pyridine rings is 2. The number of furan rings is 1. The van der Waals surface area contributed by atoms with Crippen LogP contribution in [0.3, 0.4) is 0 Å². The molecular formula is C37H36IrN2OSi-2. The molecule has 0 bridgehead atoms. The van der Waals surface area contributed by atoms with E-state index in [0.29, 0.717) is 5.92 Å². The topological polar surface area (TPSA) is 38.9 Å². The number of nitrogens with zero attached hydrogens (tertiary/aromatic N) is 2. The van der Waals surface area contributed by atoms with Crippen molar-refractivity contribution >= 4 is 24.4 Å². The van der Waals surface area contributed by atoms with Gasteiger partial charge < -0.3 is 9.40 Å². The molecule has 3 heterocycles. The molecule has 6 rings (SSSR count). The van der Waals surface area contributed by atoms with Crippen LogP contribution in [0.5, 0.6) is 0 Å². The molecule has 5 heteroatoms. The second-order valence-electron chi connectivity index (χ2n) is 11.7. The summed E-state index contributed by atoms with van der Waals surface area (Å²) >= 11 is 0. The van der Waals surface area contributed by atoms with Crippen molar-refractivity contribution in [3.05, 3.63) is 127 Å². The maximum Gasteiger partial charge on any atom is 0.151 e. The Labute approximate surface area is 264 Å². The molecule has 3 aromatic heterocycles. The minimum atomic E-state index is -1.34. The normalized spacial score (nSPS) is 11.1. The van der Waals surface area contributed by atoms with Crippen LogP contribution in [0.4, 0.5) is 0 Å². The van der Waals surface area contributed by atoms with Crippen LogP contribution in [0.1, 0.15) is 19.4 Å². The maximum atomic E-state index is 5.87. The molecule has 6 aromatic rings. The Kier molecular flexibility index (Phi) is 10.5. The minimum absolute atomic E-state index is 0. The molecule has 3 nitrogen and oxygen atoms in total. The third-order valence-electron chi connectivity index (χ3n) is 6.83. The predicted octanol–water partition coefficient (Wildman–Crippen LogP) is 9.25. The average molecular weight is 745 g/mol. The SMILES string of the molecule is CC(C)Cc1cc(-c2[c-]cccc2)ncc1[Si](C)(C)C.[Ir].[c-]1ccccc1-c1ccc2oc(-c3ccccc3)cc2n1. The Morgan fingerprint density at radius 3 is 2.00 bits per heavy atom. The fourth-order valence-corrected chi connectivity index (χ4v) is 6.44. The van der Waals surface area contributed by atoms with Gasteiger partial charge in [-0.1, -0.05) is 81.5 Å². The summed E-state index contributed by atoms with van der Waals surface area (Å²) in [5, 5.41) is 1.49. The van der Waals surface area contributed by atoms with E-state index < -0.39 is 8.07 Å².